The number of hydrogen-bond acceptors (Lipinski definition) is 4. The van der Waals surface area contributed by atoms with Crippen molar-refractivity contribution in [3.63, 3.8) is 0 Å². The lowest BCUT2D eigenvalue weighted by Gasteiger charge is -2.31. The van der Waals surface area contributed by atoms with Crippen molar-refractivity contribution in [1.29, 1.82) is 0 Å². The first-order valence-electron chi connectivity index (χ1n) is 7.23. The van der Waals surface area contributed by atoms with Crippen LogP contribution in [0.25, 0.3) is 0 Å². The van der Waals surface area contributed by atoms with E-state index in [1.165, 1.54) is 7.05 Å². The van der Waals surface area contributed by atoms with E-state index in [-0.39, 0.29) is 36.0 Å². The van der Waals surface area contributed by atoms with Crippen LogP contribution >= 0.6 is 0 Å². The minimum atomic E-state index is -0.809. The summed E-state index contributed by atoms with van der Waals surface area (Å²) in [5.74, 6) is -2.23. The van der Waals surface area contributed by atoms with Gasteiger partial charge in [0.15, 0.2) is 0 Å². The molecule has 1 atom stereocenters. The molecule has 1 saturated carbocycles. The first-order chi connectivity index (χ1) is 9.90. The van der Waals surface area contributed by atoms with Crippen LogP contribution in [0.3, 0.4) is 0 Å². The molecule has 2 fully saturated rings. The fourth-order valence-corrected chi connectivity index (χ4v) is 2.94. The summed E-state index contributed by atoms with van der Waals surface area (Å²) in [6.45, 7) is 0. The number of carboxylic acids is 1. The summed E-state index contributed by atoms with van der Waals surface area (Å²) in [5, 5.41) is 11.6. The number of carbonyl (C=O) groups is 4. The van der Waals surface area contributed by atoms with E-state index in [9.17, 15) is 19.2 Å². The molecule has 1 unspecified atom stereocenters. The Balaban J connectivity index is 1.86. The van der Waals surface area contributed by atoms with E-state index >= 15 is 0 Å². The molecule has 0 spiro atoms. The third-order valence-corrected chi connectivity index (χ3v) is 4.41. The molecule has 0 radical (unpaired) electrons. The van der Waals surface area contributed by atoms with Gasteiger partial charge in [0.1, 0.15) is 6.04 Å². The van der Waals surface area contributed by atoms with Gasteiger partial charge in [0.2, 0.25) is 11.8 Å². The fourth-order valence-electron chi connectivity index (χ4n) is 2.94. The number of amides is 3. The predicted molar refractivity (Wildman–Crippen MR) is 72.0 cm³/mol. The first kappa shape index (κ1) is 15.5. The SMILES string of the molecule is CN1C(=O)CCC(NC(=O)C2CCC(C(=O)O)CC2)C1=O. The van der Waals surface area contributed by atoms with Gasteiger partial charge in [0.05, 0.1) is 5.92 Å². The van der Waals surface area contributed by atoms with E-state index in [1.54, 1.807) is 0 Å². The molecular weight excluding hydrogens is 276 g/mol. The highest BCUT2D eigenvalue weighted by Crippen LogP contribution is 2.29. The van der Waals surface area contributed by atoms with Gasteiger partial charge in [-0.3, -0.25) is 24.1 Å². The van der Waals surface area contributed by atoms with E-state index in [0.717, 1.165) is 4.90 Å². The lowest BCUT2D eigenvalue weighted by Crippen LogP contribution is -2.54. The zero-order valence-electron chi connectivity index (χ0n) is 12.0. The molecule has 7 heteroatoms. The van der Waals surface area contributed by atoms with Crippen molar-refractivity contribution in [1.82, 2.24) is 10.2 Å². The summed E-state index contributed by atoms with van der Waals surface area (Å²) in [6.07, 6.45) is 2.61. The number of imide groups is 1. The van der Waals surface area contributed by atoms with Crippen LogP contribution in [0.15, 0.2) is 0 Å². The number of carbonyl (C=O) groups excluding carboxylic acids is 3. The second-order valence-corrected chi connectivity index (χ2v) is 5.78. The van der Waals surface area contributed by atoms with Gasteiger partial charge in [0.25, 0.3) is 5.91 Å². The highest BCUT2D eigenvalue weighted by molar-refractivity contribution is 6.01. The molecule has 2 N–H and O–H groups in total. The Labute approximate surface area is 122 Å². The monoisotopic (exact) mass is 296 g/mol. The molecule has 3 amide bonds. The second kappa shape index (κ2) is 6.24. The molecule has 116 valence electrons. The van der Waals surface area contributed by atoms with Crippen LogP contribution in [0.4, 0.5) is 0 Å². The molecule has 21 heavy (non-hydrogen) atoms. The van der Waals surface area contributed by atoms with Gasteiger partial charge >= 0.3 is 5.97 Å². The van der Waals surface area contributed by atoms with Crippen LogP contribution in [0.5, 0.6) is 0 Å². The van der Waals surface area contributed by atoms with Crippen molar-refractivity contribution >= 4 is 23.7 Å². The van der Waals surface area contributed by atoms with Crippen molar-refractivity contribution in [2.75, 3.05) is 7.05 Å². The third kappa shape index (κ3) is 3.40. The van der Waals surface area contributed by atoms with Gasteiger partial charge in [-0.25, -0.2) is 0 Å². The van der Waals surface area contributed by atoms with E-state index < -0.39 is 12.0 Å². The van der Waals surface area contributed by atoms with Gasteiger partial charge in [0, 0.05) is 19.4 Å². The van der Waals surface area contributed by atoms with E-state index in [1.807, 2.05) is 0 Å². The van der Waals surface area contributed by atoms with Crippen LogP contribution in [-0.4, -0.2) is 46.8 Å². The standard InChI is InChI=1S/C14H20N2O5/c1-16-11(17)7-6-10(13(16)19)15-12(18)8-2-4-9(5-3-8)14(20)21/h8-10H,2-7H2,1H3,(H,15,18)(H,20,21). The molecule has 1 heterocycles. The van der Waals surface area contributed by atoms with Gasteiger partial charge in [-0.2, -0.15) is 0 Å². The number of piperidine rings is 1. The van der Waals surface area contributed by atoms with Gasteiger partial charge in [-0.05, 0) is 32.1 Å². The number of nitrogens with zero attached hydrogens (tertiary/aromatic N) is 1. The number of carboxylic acid groups (broad SMARTS) is 1. The lowest BCUT2D eigenvalue weighted by atomic mass is 9.81. The summed E-state index contributed by atoms with van der Waals surface area (Å²) in [5.41, 5.74) is 0. The zero-order chi connectivity index (χ0) is 15.6. The molecular formula is C14H20N2O5. The van der Waals surface area contributed by atoms with Crippen molar-refractivity contribution in [3.05, 3.63) is 0 Å². The molecule has 0 bridgehead atoms. The lowest BCUT2D eigenvalue weighted by molar-refractivity contribution is -0.149. The van der Waals surface area contributed by atoms with Crippen molar-refractivity contribution in [2.45, 2.75) is 44.6 Å². The summed E-state index contributed by atoms with van der Waals surface area (Å²) in [4.78, 5) is 47.4. The summed E-state index contributed by atoms with van der Waals surface area (Å²) >= 11 is 0. The van der Waals surface area contributed by atoms with Crippen LogP contribution in [0.2, 0.25) is 0 Å². The second-order valence-electron chi connectivity index (χ2n) is 5.78. The number of likely N-dealkylation sites (tertiary alicyclic amines) is 1. The molecule has 2 aliphatic rings. The van der Waals surface area contributed by atoms with Gasteiger partial charge in [-0.1, -0.05) is 0 Å². The molecule has 2 rings (SSSR count). The Morgan fingerprint density at radius 1 is 1.10 bits per heavy atom. The molecule has 7 nitrogen and oxygen atoms in total. The number of aliphatic carboxylic acids is 1. The van der Waals surface area contributed by atoms with Crippen LogP contribution in [0, 0.1) is 11.8 Å². The van der Waals surface area contributed by atoms with E-state index in [2.05, 4.69) is 5.32 Å². The summed E-state index contributed by atoms with van der Waals surface area (Å²) < 4.78 is 0. The fraction of sp³-hybridized carbons (Fsp3) is 0.714. The maximum Gasteiger partial charge on any atom is 0.306 e. The molecule has 1 aliphatic heterocycles. The topological polar surface area (TPSA) is 104 Å². The Hall–Kier alpha value is -1.92. The zero-order valence-corrected chi connectivity index (χ0v) is 12.0. The highest BCUT2D eigenvalue weighted by atomic mass is 16.4. The number of rotatable bonds is 3. The quantitative estimate of drug-likeness (QED) is 0.721. The van der Waals surface area contributed by atoms with Crippen LogP contribution < -0.4 is 5.32 Å². The maximum absolute atomic E-state index is 12.2. The third-order valence-electron chi connectivity index (χ3n) is 4.41. The summed E-state index contributed by atoms with van der Waals surface area (Å²) in [6, 6.07) is -0.641. The van der Waals surface area contributed by atoms with E-state index in [0.29, 0.717) is 32.1 Å². The van der Waals surface area contributed by atoms with Crippen LogP contribution in [-0.2, 0) is 19.2 Å². The number of nitrogens with one attached hydrogen (secondary N) is 1. The van der Waals surface area contributed by atoms with E-state index in [4.69, 9.17) is 5.11 Å². The molecule has 0 aromatic heterocycles. The Morgan fingerprint density at radius 2 is 1.67 bits per heavy atom. The smallest absolute Gasteiger partial charge is 0.306 e. The first-order valence-corrected chi connectivity index (χ1v) is 7.23. The number of likely N-dealkylation sites (N-methyl/N-ethyl adjacent to an activating group) is 1. The molecule has 0 aromatic carbocycles. The summed E-state index contributed by atoms with van der Waals surface area (Å²) in [7, 11) is 1.42. The average Bonchev–Trinajstić information content (AvgIpc) is 2.48. The Morgan fingerprint density at radius 3 is 2.24 bits per heavy atom. The minimum Gasteiger partial charge on any atom is -0.481 e. The molecule has 1 saturated heterocycles. The molecule has 0 aromatic rings. The normalized spacial score (nSPS) is 30.1. The van der Waals surface area contributed by atoms with Crippen molar-refractivity contribution < 1.29 is 24.3 Å². The Kier molecular flexibility index (Phi) is 4.59. The maximum atomic E-state index is 12.2. The van der Waals surface area contributed by atoms with Crippen molar-refractivity contribution in [2.24, 2.45) is 11.8 Å². The highest BCUT2D eigenvalue weighted by Gasteiger charge is 2.35. The average molecular weight is 296 g/mol. The Bertz CT molecular complexity index is 468. The molecule has 1 aliphatic carbocycles. The van der Waals surface area contributed by atoms with Crippen LogP contribution in [0.1, 0.15) is 38.5 Å². The minimum absolute atomic E-state index is 0.208. The van der Waals surface area contributed by atoms with Gasteiger partial charge in [-0.15, -0.1) is 0 Å². The predicted octanol–water partition coefficient (Wildman–Crippen LogP) is 0.141. The largest absolute Gasteiger partial charge is 0.481 e. The van der Waals surface area contributed by atoms with Gasteiger partial charge < -0.3 is 10.4 Å². The number of hydrogen-bond donors (Lipinski definition) is 2. The van der Waals surface area contributed by atoms with Crippen molar-refractivity contribution in [3.8, 4) is 0 Å².